The van der Waals surface area contributed by atoms with Crippen molar-refractivity contribution in [2.45, 2.75) is 19.8 Å². The van der Waals surface area contributed by atoms with E-state index in [0.29, 0.717) is 19.0 Å². The maximum absolute atomic E-state index is 11.4. The molecule has 1 aliphatic carbocycles. The van der Waals surface area contributed by atoms with E-state index < -0.39 is 5.97 Å². The fraction of sp³-hybridized carbons (Fsp3) is 0.778. The van der Waals surface area contributed by atoms with Crippen LogP contribution in [-0.2, 0) is 4.79 Å². The van der Waals surface area contributed by atoms with Gasteiger partial charge in [-0.3, -0.25) is 4.79 Å². The number of carbonyl (C=O) groups is 2. The number of rotatable bonds is 5. The zero-order valence-electron chi connectivity index (χ0n) is 8.32. The van der Waals surface area contributed by atoms with E-state index in [4.69, 9.17) is 5.11 Å². The van der Waals surface area contributed by atoms with Crippen LogP contribution >= 0.6 is 0 Å². The largest absolute Gasteiger partial charge is 0.480 e. The Morgan fingerprint density at radius 3 is 2.57 bits per heavy atom. The minimum atomic E-state index is -0.978. The summed E-state index contributed by atoms with van der Waals surface area (Å²) in [5, 5.41) is 11.3. The summed E-state index contributed by atoms with van der Waals surface area (Å²) < 4.78 is 0. The number of amides is 2. The summed E-state index contributed by atoms with van der Waals surface area (Å²) >= 11 is 0. The van der Waals surface area contributed by atoms with Gasteiger partial charge in [0, 0.05) is 13.1 Å². The van der Waals surface area contributed by atoms with E-state index in [9.17, 15) is 9.59 Å². The molecule has 0 heterocycles. The number of urea groups is 1. The second kappa shape index (κ2) is 4.83. The van der Waals surface area contributed by atoms with Gasteiger partial charge >= 0.3 is 12.0 Å². The van der Waals surface area contributed by atoms with Gasteiger partial charge in [-0.25, -0.2) is 4.79 Å². The van der Waals surface area contributed by atoms with Crippen LogP contribution in [0.4, 0.5) is 4.79 Å². The summed E-state index contributed by atoms with van der Waals surface area (Å²) in [7, 11) is 0. The van der Waals surface area contributed by atoms with E-state index >= 15 is 0 Å². The lowest BCUT2D eigenvalue weighted by molar-refractivity contribution is -0.137. The maximum Gasteiger partial charge on any atom is 0.323 e. The number of nitrogens with zero attached hydrogens (tertiary/aromatic N) is 1. The average Bonchev–Trinajstić information content (AvgIpc) is 2.93. The molecule has 0 aromatic carbocycles. The van der Waals surface area contributed by atoms with Crippen LogP contribution in [0.25, 0.3) is 0 Å². The molecule has 1 fully saturated rings. The smallest absolute Gasteiger partial charge is 0.323 e. The molecule has 1 saturated carbocycles. The Balaban J connectivity index is 2.26. The Kier molecular flexibility index (Phi) is 3.73. The number of carboxylic acid groups (broad SMARTS) is 1. The molecule has 5 heteroatoms. The van der Waals surface area contributed by atoms with Crippen LogP contribution in [0.15, 0.2) is 0 Å². The van der Waals surface area contributed by atoms with Gasteiger partial charge in [-0.15, -0.1) is 0 Å². The zero-order chi connectivity index (χ0) is 10.6. The molecule has 0 unspecified atom stereocenters. The summed E-state index contributed by atoms with van der Waals surface area (Å²) in [5.74, 6) is -0.365. The van der Waals surface area contributed by atoms with Crippen LogP contribution in [0.3, 0.4) is 0 Å². The molecule has 0 bridgehead atoms. The molecule has 0 aromatic rings. The summed E-state index contributed by atoms with van der Waals surface area (Å²) in [4.78, 5) is 23.1. The van der Waals surface area contributed by atoms with E-state index in [2.05, 4.69) is 5.32 Å². The first-order chi connectivity index (χ1) is 6.63. The van der Waals surface area contributed by atoms with Gasteiger partial charge in [0.05, 0.1) is 0 Å². The van der Waals surface area contributed by atoms with Crippen molar-refractivity contribution in [3.63, 3.8) is 0 Å². The average molecular weight is 200 g/mol. The molecule has 1 rings (SSSR count). The molecule has 2 N–H and O–H groups in total. The molecular formula is C9H16N2O3. The molecule has 0 radical (unpaired) electrons. The first-order valence-corrected chi connectivity index (χ1v) is 4.88. The minimum absolute atomic E-state index is 0.229. The molecule has 0 aliphatic heterocycles. The van der Waals surface area contributed by atoms with Crippen molar-refractivity contribution >= 4 is 12.0 Å². The Morgan fingerprint density at radius 2 is 2.14 bits per heavy atom. The van der Waals surface area contributed by atoms with Crippen molar-refractivity contribution in [3.8, 4) is 0 Å². The normalized spacial score (nSPS) is 14.9. The highest BCUT2D eigenvalue weighted by Gasteiger charge is 2.23. The molecule has 0 atom stereocenters. The quantitative estimate of drug-likeness (QED) is 0.679. The topological polar surface area (TPSA) is 69.6 Å². The number of hydrogen-bond donors (Lipinski definition) is 2. The van der Waals surface area contributed by atoms with Crippen LogP contribution in [0.1, 0.15) is 19.8 Å². The van der Waals surface area contributed by atoms with Gasteiger partial charge in [-0.2, -0.15) is 0 Å². The predicted octanol–water partition coefficient (Wildman–Crippen LogP) is 0.512. The number of carbonyl (C=O) groups excluding carboxylic acids is 1. The summed E-state index contributed by atoms with van der Waals surface area (Å²) in [6.45, 7) is 2.63. The van der Waals surface area contributed by atoms with E-state index in [1.807, 2.05) is 0 Å². The van der Waals surface area contributed by atoms with Crippen molar-refractivity contribution in [2.75, 3.05) is 19.6 Å². The summed E-state index contributed by atoms with van der Waals surface area (Å²) in [6.07, 6.45) is 2.34. The number of hydrogen-bond acceptors (Lipinski definition) is 2. The number of carboxylic acids is 1. The molecular weight excluding hydrogens is 184 g/mol. The molecule has 80 valence electrons. The Bertz CT molecular complexity index is 226. The van der Waals surface area contributed by atoms with Gasteiger partial charge in [0.15, 0.2) is 0 Å². The minimum Gasteiger partial charge on any atom is -0.480 e. The van der Waals surface area contributed by atoms with Gasteiger partial charge in [-0.1, -0.05) is 0 Å². The molecule has 0 saturated heterocycles. The van der Waals surface area contributed by atoms with Crippen LogP contribution in [0, 0.1) is 5.92 Å². The van der Waals surface area contributed by atoms with Crippen molar-refractivity contribution in [1.29, 1.82) is 0 Å². The lowest BCUT2D eigenvalue weighted by atomic mass is 10.4. The van der Waals surface area contributed by atoms with Gasteiger partial charge in [0.2, 0.25) is 0 Å². The lowest BCUT2D eigenvalue weighted by Crippen LogP contribution is -2.43. The monoisotopic (exact) mass is 200 g/mol. The number of aliphatic carboxylic acids is 1. The number of likely N-dealkylation sites (N-methyl/N-ethyl adjacent to an activating group) is 1. The first-order valence-electron chi connectivity index (χ1n) is 4.88. The van der Waals surface area contributed by atoms with E-state index in [1.165, 1.54) is 17.7 Å². The standard InChI is InChI=1S/C9H16N2O3/c1-2-11(6-8(12)13)9(14)10-5-7-3-4-7/h7H,2-6H2,1H3,(H,10,14)(H,12,13). The SMILES string of the molecule is CCN(CC(=O)O)C(=O)NCC1CC1. The van der Waals surface area contributed by atoms with Crippen LogP contribution < -0.4 is 5.32 Å². The number of nitrogens with one attached hydrogen (secondary N) is 1. The first kappa shape index (κ1) is 10.8. The highest BCUT2D eigenvalue weighted by Crippen LogP contribution is 2.27. The van der Waals surface area contributed by atoms with Crippen LogP contribution in [0.2, 0.25) is 0 Å². The fourth-order valence-corrected chi connectivity index (χ4v) is 1.16. The molecule has 0 aromatic heterocycles. The third kappa shape index (κ3) is 3.64. The molecule has 1 aliphatic rings. The third-order valence-corrected chi connectivity index (χ3v) is 2.23. The molecule has 14 heavy (non-hydrogen) atoms. The van der Waals surface area contributed by atoms with Gasteiger partial charge in [0.1, 0.15) is 6.54 Å². The second-order valence-corrected chi connectivity index (χ2v) is 3.54. The van der Waals surface area contributed by atoms with Gasteiger partial charge in [0.25, 0.3) is 0 Å². The van der Waals surface area contributed by atoms with Crippen molar-refractivity contribution in [2.24, 2.45) is 5.92 Å². The fourth-order valence-electron chi connectivity index (χ4n) is 1.16. The maximum atomic E-state index is 11.4. The predicted molar refractivity (Wildman–Crippen MR) is 51.0 cm³/mol. The Hall–Kier alpha value is -1.26. The Morgan fingerprint density at radius 1 is 1.50 bits per heavy atom. The van der Waals surface area contributed by atoms with Gasteiger partial charge in [-0.05, 0) is 25.7 Å². The summed E-state index contributed by atoms with van der Waals surface area (Å²) in [5.41, 5.74) is 0. The van der Waals surface area contributed by atoms with Gasteiger partial charge < -0.3 is 15.3 Å². The van der Waals surface area contributed by atoms with Crippen LogP contribution in [-0.4, -0.2) is 41.6 Å². The van der Waals surface area contributed by atoms with E-state index in [-0.39, 0.29) is 12.6 Å². The van der Waals surface area contributed by atoms with Crippen LogP contribution in [0.5, 0.6) is 0 Å². The molecule has 0 spiro atoms. The lowest BCUT2D eigenvalue weighted by Gasteiger charge is -2.18. The third-order valence-electron chi connectivity index (χ3n) is 2.23. The van der Waals surface area contributed by atoms with E-state index in [1.54, 1.807) is 6.92 Å². The van der Waals surface area contributed by atoms with E-state index in [0.717, 1.165) is 0 Å². The second-order valence-electron chi connectivity index (χ2n) is 3.54. The highest BCUT2D eigenvalue weighted by molar-refractivity contribution is 5.80. The Labute approximate surface area is 83.1 Å². The molecule has 5 nitrogen and oxygen atoms in total. The van der Waals surface area contributed by atoms with Crippen molar-refractivity contribution in [1.82, 2.24) is 10.2 Å². The highest BCUT2D eigenvalue weighted by atomic mass is 16.4. The molecule has 2 amide bonds. The van der Waals surface area contributed by atoms with Crippen molar-refractivity contribution < 1.29 is 14.7 Å². The zero-order valence-corrected chi connectivity index (χ0v) is 8.32. The summed E-state index contributed by atoms with van der Waals surface area (Å²) in [6, 6.07) is -0.276. The van der Waals surface area contributed by atoms with Crippen molar-refractivity contribution in [3.05, 3.63) is 0 Å².